The first-order valence-electron chi connectivity index (χ1n) is 10.4. The summed E-state index contributed by atoms with van der Waals surface area (Å²) in [6, 6.07) is 10.6. The molecule has 0 atom stereocenters. The van der Waals surface area contributed by atoms with Crippen LogP contribution in [0.15, 0.2) is 48.7 Å². The second-order valence-electron chi connectivity index (χ2n) is 7.34. The number of hydrogen-bond acceptors (Lipinski definition) is 7. The average Bonchev–Trinajstić information content (AvgIpc) is 2.86. The Balaban J connectivity index is 1.77. The number of carbonyl (C=O) groups is 1. The van der Waals surface area contributed by atoms with Crippen molar-refractivity contribution >= 4 is 5.97 Å². The summed E-state index contributed by atoms with van der Waals surface area (Å²) in [4.78, 5) is 15.8. The number of rotatable bonds is 9. The molecule has 35 heavy (non-hydrogen) atoms. The quantitative estimate of drug-likeness (QED) is 0.303. The van der Waals surface area contributed by atoms with Crippen molar-refractivity contribution < 1.29 is 41.7 Å². The average molecular weight is 491 g/mol. The third-order valence-corrected chi connectivity index (χ3v) is 5.15. The third kappa shape index (κ3) is 6.14. The van der Waals surface area contributed by atoms with Crippen molar-refractivity contribution in [1.82, 2.24) is 4.98 Å². The van der Waals surface area contributed by atoms with Gasteiger partial charge in [0.2, 0.25) is 5.75 Å². The zero-order chi connectivity index (χ0) is 25.6. The predicted molar refractivity (Wildman–Crippen MR) is 121 cm³/mol. The largest absolute Gasteiger partial charge is 0.493 e. The number of esters is 1. The number of nitrogens with zero attached hydrogens (tertiary/aromatic N) is 1. The van der Waals surface area contributed by atoms with Crippen molar-refractivity contribution in [3.05, 3.63) is 71.0 Å². The van der Waals surface area contributed by atoms with Crippen molar-refractivity contribution in [1.29, 1.82) is 0 Å². The molecule has 186 valence electrons. The normalized spacial score (nSPS) is 11.1. The highest BCUT2D eigenvalue weighted by molar-refractivity contribution is 5.91. The summed E-state index contributed by atoms with van der Waals surface area (Å²) in [5, 5.41) is 0. The van der Waals surface area contributed by atoms with Crippen LogP contribution in [0, 0.1) is 0 Å². The Hall–Kier alpha value is -3.95. The molecule has 3 rings (SSSR count). The van der Waals surface area contributed by atoms with Crippen LogP contribution < -0.4 is 23.7 Å². The molecule has 0 saturated heterocycles. The van der Waals surface area contributed by atoms with Gasteiger partial charge in [0.15, 0.2) is 23.0 Å². The van der Waals surface area contributed by atoms with Gasteiger partial charge in [-0.25, -0.2) is 4.79 Å². The number of halogens is 3. The molecule has 1 aromatic heterocycles. The summed E-state index contributed by atoms with van der Waals surface area (Å²) in [6.07, 6.45) is -2.59. The number of hydrogen-bond donors (Lipinski definition) is 0. The lowest BCUT2D eigenvalue weighted by molar-refractivity contribution is -0.141. The van der Waals surface area contributed by atoms with E-state index in [1.165, 1.54) is 28.4 Å². The minimum atomic E-state index is -4.60. The fourth-order valence-corrected chi connectivity index (χ4v) is 3.37. The van der Waals surface area contributed by atoms with E-state index in [9.17, 15) is 18.0 Å². The summed E-state index contributed by atoms with van der Waals surface area (Å²) < 4.78 is 64.9. The second-order valence-corrected chi connectivity index (χ2v) is 7.34. The zero-order valence-electron chi connectivity index (χ0n) is 19.6. The van der Waals surface area contributed by atoms with E-state index in [0.717, 1.165) is 29.5 Å². The van der Waals surface area contributed by atoms with E-state index in [2.05, 4.69) is 4.98 Å². The van der Waals surface area contributed by atoms with Gasteiger partial charge in [-0.15, -0.1) is 0 Å². The van der Waals surface area contributed by atoms with E-state index in [0.29, 0.717) is 35.8 Å². The summed E-state index contributed by atoms with van der Waals surface area (Å²) in [6.45, 7) is 0. The van der Waals surface area contributed by atoms with E-state index < -0.39 is 17.8 Å². The van der Waals surface area contributed by atoms with Crippen molar-refractivity contribution in [2.75, 3.05) is 28.4 Å². The summed E-state index contributed by atoms with van der Waals surface area (Å²) in [7, 11) is 6.03. The molecule has 0 aliphatic heterocycles. The molecule has 0 saturated carbocycles. The van der Waals surface area contributed by atoms with Crippen LogP contribution in [0.1, 0.15) is 27.2 Å². The summed E-state index contributed by atoms with van der Waals surface area (Å²) >= 11 is 0. The topological polar surface area (TPSA) is 76.1 Å². The Labute approximate surface area is 200 Å². The second kappa shape index (κ2) is 11.0. The molecule has 0 aliphatic carbocycles. The highest BCUT2D eigenvalue weighted by atomic mass is 19.4. The smallest absolute Gasteiger partial charge is 0.433 e. The monoisotopic (exact) mass is 491 g/mol. The molecule has 0 amide bonds. The molecule has 10 heteroatoms. The lowest BCUT2D eigenvalue weighted by atomic mass is 10.0. The first-order valence-corrected chi connectivity index (χ1v) is 10.4. The van der Waals surface area contributed by atoms with E-state index in [-0.39, 0.29) is 11.3 Å². The molecule has 0 unspecified atom stereocenters. The number of aromatic nitrogens is 1. The highest BCUT2D eigenvalue weighted by Crippen LogP contribution is 2.38. The molecule has 3 aromatic rings. The number of aryl methyl sites for hydroxylation is 2. The minimum absolute atomic E-state index is 0.122. The molecule has 0 spiro atoms. The Morgan fingerprint density at radius 2 is 1.37 bits per heavy atom. The van der Waals surface area contributed by atoms with Crippen molar-refractivity contribution in [2.45, 2.75) is 19.0 Å². The first kappa shape index (κ1) is 25.7. The standard InChI is InChI=1S/C25H24F3NO6/c1-31-18-9-7-15(5-6-16-12-20(32-2)23(34-4)21(13-16)33-3)11-19(18)35-24(30)17-8-10-22(29-14-17)25(26,27)28/h7-14H,5-6H2,1-4H3. The number of alkyl halides is 3. The fourth-order valence-electron chi connectivity index (χ4n) is 3.37. The van der Waals surface area contributed by atoms with Crippen LogP contribution in [0.3, 0.4) is 0 Å². The Morgan fingerprint density at radius 1 is 0.771 bits per heavy atom. The molecular formula is C25H24F3NO6. The molecular weight excluding hydrogens is 467 g/mol. The van der Waals surface area contributed by atoms with Gasteiger partial charge in [0.1, 0.15) is 5.69 Å². The van der Waals surface area contributed by atoms with Gasteiger partial charge in [-0.3, -0.25) is 4.98 Å². The first-order chi connectivity index (χ1) is 16.7. The van der Waals surface area contributed by atoms with Gasteiger partial charge in [-0.05, 0) is 60.4 Å². The number of methoxy groups -OCH3 is 4. The SMILES string of the molecule is COc1ccc(CCc2cc(OC)c(OC)c(OC)c2)cc1OC(=O)c1ccc(C(F)(F)F)nc1. The van der Waals surface area contributed by atoms with Crippen LogP contribution in [0.5, 0.6) is 28.7 Å². The molecule has 0 N–H and O–H groups in total. The molecule has 7 nitrogen and oxygen atoms in total. The van der Waals surface area contributed by atoms with E-state index in [1.54, 1.807) is 12.1 Å². The fraction of sp³-hybridized carbons (Fsp3) is 0.280. The van der Waals surface area contributed by atoms with E-state index >= 15 is 0 Å². The van der Waals surface area contributed by atoms with Gasteiger partial charge < -0.3 is 23.7 Å². The highest BCUT2D eigenvalue weighted by Gasteiger charge is 2.32. The number of pyridine rings is 1. The van der Waals surface area contributed by atoms with Crippen LogP contribution in [0.25, 0.3) is 0 Å². The Bertz CT molecular complexity index is 1150. The predicted octanol–water partition coefficient (Wildman–Crippen LogP) is 5.14. The molecule has 0 fully saturated rings. The number of ether oxygens (including phenoxy) is 5. The summed E-state index contributed by atoms with van der Waals surface area (Å²) in [5.41, 5.74) is 0.556. The van der Waals surface area contributed by atoms with Crippen LogP contribution in [0.2, 0.25) is 0 Å². The van der Waals surface area contributed by atoms with Crippen LogP contribution in [-0.4, -0.2) is 39.4 Å². The summed E-state index contributed by atoms with van der Waals surface area (Å²) in [5.74, 6) is 1.16. The van der Waals surface area contributed by atoms with Crippen LogP contribution in [-0.2, 0) is 19.0 Å². The van der Waals surface area contributed by atoms with E-state index in [4.69, 9.17) is 23.7 Å². The zero-order valence-corrected chi connectivity index (χ0v) is 19.6. The van der Waals surface area contributed by atoms with E-state index in [1.807, 2.05) is 18.2 Å². The van der Waals surface area contributed by atoms with Gasteiger partial charge in [0, 0.05) is 6.20 Å². The van der Waals surface area contributed by atoms with Crippen molar-refractivity contribution in [2.24, 2.45) is 0 Å². The Morgan fingerprint density at radius 3 is 1.89 bits per heavy atom. The minimum Gasteiger partial charge on any atom is -0.493 e. The maximum Gasteiger partial charge on any atom is 0.433 e. The van der Waals surface area contributed by atoms with Crippen LogP contribution in [0.4, 0.5) is 13.2 Å². The van der Waals surface area contributed by atoms with Gasteiger partial charge in [0.05, 0.1) is 34.0 Å². The maximum absolute atomic E-state index is 12.7. The van der Waals surface area contributed by atoms with Gasteiger partial charge in [-0.1, -0.05) is 6.07 Å². The molecule has 2 aromatic carbocycles. The molecule has 0 radical (unpaired) electrons. The molecule has 0 bridgehead atoms. The number of benzene rings is 2. The van der Waals surface area contributed by atoms with Crippen molar-refractivity contribution in [3.8, 4) is 28.7 Å². The third-order valence-electron chi connectivity index (χ3n) is 5.15. The van der Waals surface area contributed by atoms with Gasteiger partial charge >= 0.3 is 12.1 Å². The lowest BCUT2D eigenvalue weighted by Crippen LogP contribution is -2.12. The molecule has 1 heterocycles. The lowest BCUT2D eigenvalue weighted by Gasteiger charge is -2.14. The van der Waals surface area contributed by atoms with Crippen LogP contribution >= 0.6 is 0 Å². The van der Waals surface area contributed by atoms with Gasteiger partial charge in [0.25, 0.3) is 0 Å². The van der Waals surface area contributed by atoms with Gasteiger partial charge in [-0.2, -0.15) is 13.2 Å². The Kier molecular flexibility index (Phi) is 8.06. The maximum atomic E-state index is 12.7. The van der Waals surface area contributed by atoms with Crippen molar-refractivity contribution in [3.63, 3.8) is 0 Å². The molecule has 0 aliphatic rings. The number of carbonyl (C=O) groups excluding carboxylic acids is 1.